The Kier molecular flexibility index (Phi) is 4.34. The van der Waals surface area contributed by atoms with Gasteiger partial charge in [-0.3, -0.25) is 13.9 Å². The number of nitrogens with zero attached hydrogens (tertiary/aromatic N) is 2. The summed E-state index contributed by atoms with van der Waals surface area (Å²) >= 11 is 3.35. The number of fused-ring (bicyclic) bond motifs is 1. The number of ether oxygens (including phenoxy) is 1. The number of benzene rings is 2. The van der Waals surface area contributed by atoms with E-state index in [4.69, 9.17) is 4.74 Å². The van der Waals surface area contributed by atoms with Crippen LogP contribution in [0.2, 0.25) is 0 Å². The molecule has 0 aliphatic rings. The molecule has 0 unspecified atom stereocenters. The molecule has 0 saturated carbocycles. The molecule has 0 bridgehead atoms. The first-order valence-corrected chi connectivity index (χ1v) is 7.90. The number of carbonyl (C=O) groups excluding carboxylic acids is 1. The molecule has 118 valence electrons. The lowest BCUT2D eigenvalue weighted by Gasteiger charge is -2.06. The highest BCUT2D eigenvalue weighted by atomic mass is 79.9. The van der Waals surface area contributed by atoms with Crippen molar-refractivity contribution in [1.82, 2.24) is 9.13 Å². The molecule has 0 radical (unpaired) electrons. The summed E-state index contributed by atoms with van der Waals surface area (Å²) in [5.41, 5.74) is 2.18. The van der Waals surface area contributed by atoms with Gasteiger partial charge in [0.05, 0.1) is 11.0 Å². The van der Waals surface area contributed by atoms with Crippen molar-refractivity contribution in [3.8, 4) is 0 Å². The van der Waals surface area contributed by atoms with Crippen molar-refractivity contribution >= 4 is 32.9 Å². The van der Waals surface area contributed by atoms with Gasteiger partial charge in [0, 0.05) is 11.5 Å². The molecule has 0 amide bonds. The number of aromatic nitrogens is 2. The predicted molar refractivity (Wildman–Crippen MR) is 91.1 cm³/mol. The molecule has 0 N–H and O–H groups in total. The number of carbonyl (C=O) groups is 1. The molecule has 0 aliphatic heterocycles. The molecule has 1 heterocycles. The minimum atomic E-state index is -0.439. The fourth-order valence-corrected chi connectivity index (χ4v) is 2.70. The topological polar surface area (TPSA) is 53.2 Å². The van der Waals surface area contributed by atoms with Crippen LogP contribution in [0.25, 0.3) is 11.0 Å². The lowest BCUT2D eigenvalue weighted by molar-refractivity contribution is -0.145. The second-order valence-electron chi connectivity index (χ2n) is 5.20. The Balaban J connectivity index is 1.74. The minimum absolute atomic E-state index is 0.100. The zero-order valence-electron chi connectivity index (χ0n) is 12.5. The minimum Gasteiger partial charge on any atom is -0.459 e. The maximum Gasteiger partial charge on any atom is 0.329 e. The average molecular weight is 375 g/mol. The monoisotopic (exact) mass is 374 g/mol. The third-order valence-corrected chi connectivity index (χ3v) is 4.18. The molecule has 23 heavy (non-hydrogen) atoms. The van der Waals surface area contributed by atoms with Crippen molar-refractivity contribution in [2.75, 3.05) is 0 Å². The highest BCUT2D eigenvalue weighted by Crippen LogP contribution is 2.13. The summed E-state index contributed by atoms with van der Waals surface area (Å²) in [5, 5.41) is 0. The van der Waals surface area contributed by atoms with Crippen molar-refractivity contribution < 1.29 is 9.53 Å². The SMILES string of the molecule is Cn1c(=O)n(CC(=O)OCc2ccc(Br)cc2)c2ccccc21. The maximum atomic E-state index is 12.2. The first-order chi connectivity index (χ1) is 11.1. The summed E-state index contributed by atoms with van der Waals surface area (Å²) in [6, 6.07) is 14.9. The summed E-state index contributed by atoms with van der Waals surface area (Å²) in [6.07, 6.45) is 0. The summed E-state index contributed by atoms with van der Waals surface area (Å²) in [5.74, 6) is -0.439. The van der Waals surface area contributed by atoms with E-state index in [1.165, 1.54) is 9.13 Å². The third-order valence-electron chi connectivity index (χ3n) is 3.65. The van der Waals surface area contributed by atoms with Crippen LogP contribution in [-0.2, 0) is 29.7 Å². The van der Waals surface area contributed by atoms with Gasteiger partial charge in [0.15, 0.2) is 0 Å². The number of hydrogen-bond acceptors (Lipinski definition) is 3. The number of hydrogen-bond donors (Lipinski definition) is 0. The van der Waals surface area contributed by atoms with Crippen molar-refractivity contribution in [3.05, 3.63) is 69.1 Å². The summed E-state index contributed by atoms with van der Waals surface area (Å²) in [6.45, 7) is 0.0857. The smallest absolute Gasteiger partial charge is 0.329 e. The molecule has 6 heteroatoms. The standard InChI is InChI=1S/C17H15BrN2O3/c1-19-14-4-2-3-5-15(14)20(17(19)22)10-16(21)23-11-12-6-8-13(18)9-7-12/h2-9H,10-11H2,1H3. The van der Waals surface area contributed by atoms with Gasteiger partial charge in [0.25, 0.3) is 0 Å². The van der Waals surface area contributed by atoms with E-state index in [9.17, 15) is 9.59 Å². The number of esters is 1. The van der Waals surface area contributed by atoms with Gasteiger partial charge in [-0.15, -0.1) is 0 Å². The lowest BCUT2D eigenvalue weighted by atomic mass is 10.2. The predicted octanol–water partition coefficient (Wildman–Crippen LogP) is 2.85. The van der Waals surface area contributed by atoms with Gasteiger partial charge in [-0.1, -0.05) is 40.2 Å². The van der Waals surface area contributed by atoms with E-state index < -0.39 is 5.97 Å². The van der Waals surface area contributed by atoms with Gasteiger partial charge in [-0.25, -0.2) is 4.79 Å². The number of para-hydroxylation sites is 2. The van der Waals surface area contributed by atoms with Crippen molar-refractivity contribution in [3.63, 3.8) is 0 Å². The highest BCUT2D eigenvalue weighted by Gasteiger charge is 2.13. The molecular weight excluding hydrogens is 360 g/mol. The molecule has 2 aromatic carbocycles. The van der Waals surface area contributed by atoms with Crippen LogP contribution in [0.5, 0.6) is 0 Å². The number of halogens is 1. The fourth-order valence-electron chi connectivity index (χ4n) is 2.44. The van der Waals surface area contributed by atoms with Gasteiger partial charge >= 0.3 is 11.7 Å². The number of aryl methyl sites for hydroxylation is 1. The number of rotatable bonds is 4. The van der Waals surface area contributed by atoms with Crippen LogP contribution in [0.4, 0.5) is 0 Å². The molecular formula is C17H15BrN2O3. The fraction of sp³-hybridized carbons (Fsp3) is 0.176. The van der Waals surface area contributed by atoms with Crippen molar-refractivity contribution in [2.45, 2.75) is 13.2 Å². The van der Waals surface area contributed by atoms with E-state index >= 15 is 0 Å². The molecule has 0 saturated heterocycles. The normalized spacial score (nSPS) is 10.9. The summed E-state index contributed by atoms with van der Waals surface area (Å²) < 4.78 is 9.18. The molecule has 0 spiro atoms. The van der Waals surface area contributed by atoms with E-state index in [1.54, 1.807) is 7.05 Å². The quantitative estimate of drug-likeness (QED) is 0.659. The molecule has 3 aromatic rings. The first kappa shape index (κ1) is 15.6. The second kappa shape index (κ2) is 6.42. The lowest BCUT2D eigenvalue weighted by Crippen LogP contribution is -2.26. The Morgan fingerprint density at radius 2 is 1.74 bits per heavy atom. The Morgan fingerprint density at radius 3 is 2.43 bits per heavy atom. The highest BCUT2D eigenvalue weighted by molar-refractivity contribution is 9.10. The Hall–Kier alpha value is -2.34. The van der Waals surface area contributed by atoms with Gasteiger partial charge in [0.2, 0.25) is 0 Å². The number of imidazole rings is 1. The second-order valence-corrected chi connectivity index (χ2v) is 6.12. The molecule has 3 rings (SSSR count). The van der Waals surface area contributed by atoms with Gasteiger partial charge in [-0.2, -0.15) is 0 Å². The van der Waals surface area contributed by atoms with Crippen LogP contribution in [0.1, 0.15) is 5.56 Å². The van der Waals surface area contributed by atoms with E-state index in [-0.39, 0.29) is 18.8 Å². The van der Waals surface area contributed by atoms with E-state index in [1.807, 2.05) is 48.5 Å². The van der Waals surface area contributed by atoms with Crippen LogP contribution < -0.4 is 5.69 Å². The van der Waals surface area contributed by atoms with E-state index in [2.05, 4.69) is 15.9 Å². The maximum absolute atomic E-state index is 12.2. The van der Waals surface area contributed by atoms with Gasteiger partial charge in [0.1, 0.15) is 13.2 Å². The Morgan fingerprint density at radius 1 is 1.09 bits per heavy atom. The van der Waals surface area contributed by atoms with Crippen LogP contribution in [-0.4, -0.2) is 15.1 Å². The molecule has 0 fully saturated rings. The summed E-state index contributed by atoms with van der Waals surface area (Å²) in [7, 11) is 1.69. The van der Waals surface area contributed by atoms with Crippen molar-refractivity contribution in [2.24, 2.45) is 7.05 Å². The van der Waals surface area contributed by atoms with E-state index in [0.717, 1.165) is 21.1 Å². The van der Waals surface area contributed by atoms with E-state index in [0.29, 0.717) is 0 Å². The zero-order chi connectivity index (χ0) is 16.4. The first-order valence-electron chi connectivity index (χ1n) is 7.10. The van der Waals surface area contributed by atoms with Gasteiger partial charge in [-0.05, 0) is 29.8 Å². The van der Waals surface area contributed by atoms with Crippen molar-refractivity contribution in [1.29, 1.82) is 0 Å². The van der Waals surface area contributed by atoms with Gasteiger partial charge < -0.3 is 4.74 Å². The summed E-state index contributed by atoms with van der Waals surface area (Å²) in [4.78, 5) is 24.3. The molecule has 5 nitrogen and oxygen atoms in total. The third kappa shape index (κ3) is 3.22. The molecule has 0 atom stereocenters. The Labute approximate surface area is 141 Å². The largest absolute Gasteiger partial charge is 0.459 e. The van der Waals surface area contributed by atoms with Crippen LogP contribution >= 0.6 is 15.9 Å². The zero-order valence-corrected chi connectivity index (χ0v) is 14.1. The van der Waals surface area contributed by atoms with Crippen LogP contribution in [0.3, 0.4) is 0 Å². The Bertz CT molecular complexity index is 910. The average Bonchev–Trinajstić information content (AvgIpc) is 2.80. The van der Waals surface area contributed by atoms with Crippen LogP contribution in [0.15, 0.2) is 57.8 Å². The molecule has 0 aliphatic carbocycles. The van der Waals surface area contributed by atoms with Crippen LogP contribution in [0, 0.1) is 0 Å². The molecule has 1 aromatic heterocycles.